The second-order valence-corrected chi connectivity index (χ2v) is 9.77. The lowest BCUT2D eigenvalue weighted by molar-refractivity contribution is 0.395. The molecule has 11 heteroatoms. The molecule has 5 rings (SSSR count). The van der Waals surface area contributed by atoms with Crippen LogP contribution in [0.15, 0.2) is 50.5 Å². The van der Waals surface area contributed by atoms with Gasteiger partial charge < -0.3 is 15.0 Å². The zero-order valence-electron chi connectivity index (χ0n) is 18.4. The van der Waals surface area contributed by atoms with Gasteiger partial charge >= 0.3 is 0 Å². The van der Waals surface area contributed by atoms with Crippen molar-refractivity contribution in [1.29, 1.82) is 0 Å². The molecule has 0 saturated carbocycles. The van der Waals surface area contributed by atoms with Crippen LogP contribution >= 0.6 is 0 Å². The molecule has 4 heterocycles. The van der Waals surface area contributed by atoms with Crippen LogP contribution in [0.2, 0.25) is 0 Å². The Morgan fingerprint density at radius 2 is 2.06 bits per heavy atom. The minimum absolute atomic E-state index is 0.342. The molecule has 0 fully saturated rings. The molecule has 9 nitrogen and oxygen atoms in total. The Hall–Kier alpha value is -3.34. The van der Waals surface area contributed by atoms with Crippen molar-refractivity contribution in [3.63, 3.8) is 0 Å². The summed E-state index contributed by atoms with van der Waals surface area (Å²) in [7, 11) is 1.10. The van der Waals surface area contributed by atoms with Gasteiger partial charge in [0.1, 0.15) is 22.7 Å². The number of methoxy groups -OCH3 is 1. The average molecular weight is 470 g/mol. The van der Waals surface area contributed by atoms with Gasteiger partial charge in [-0.25, -0.2) is 23.7 Å². The molecule has 33 heavy (non-hydrogen) atoms. The van der Waals surface area contributed by atoms with E-state index in [2.05, 4.69) is 19.4 Å². The largest absolute Gasteiger partial charge is 0.480 e. The van der Waals surface area contributed by atoms with Crippen LogP contribution in [0.5, 0.6) is 5.88 Å². The fourth-order valence-corrected chi connectivity index (χ4v) is 6.01. The Morgan fingerprint density at radius 1 is 1.18 bits per heavy atom. The maximum Gasteiger partial charge on any atom is 0.232 e. The van der Waals surface area contributed by atoms with Gasteiger partial charge in [0.15, 0.2) is 5.76 Å². The SMILES string of the molecule is COc1cnc(-c2cc(-c3ccc(F)c([C@]4(C)C[S@]5=NCCCCN5C(N)=N4)c3)on2)cn1. The summed E-state index contributed by atoms with van der Waals surface area (Å²) < 4.78 is 32.5. The van der Waals surface area contributed by atoms with Crippen molar-refractivity contribution in [2.24, 2.45) is 15.1 Å². The quantitative estimate of drug-likeness (QED) is 0.623. The Labute approximate surface area is 193 Å². The number of nitrogens with two attached hydrogens (primary N) is 1. The van der Waals surface area contributed by atoms with Crippen molar-refractivity contribution < 1.29 is 13.7 Å². The van der Waals surface area contributed by atoms with Crippen LogP contribution in [0.1, 0.15) is 25.3 Å². The van der Waals surface area contributed by atoms with E-state index in [-0.39, 0.29) is 5.82 Å². The van der Waals surface area contributed by atoms with Gasteiger partial charge in [0.05, 0.1) is 25.3 Å². The van der Waals surface area contributed by atoms with E-state index in [1.54, 1.807) is 24.4 Å². The van der Waals surface area contributed by atoms with E-state index < -0.39 is 16.4 Å². The first-order chi connectivity index (χ1) is 16.0. The highest BCUT2D eigenvalue weighted by Crippen LogP contribution is 2.36. The summed E-state index contributed by atoms with van der Waals surface area (Å²) in [5.74, 6) is 1.55. The predicted octanol–water partition coefficient (Wildman–Crippen LogP) is 3.30. The molecule has 2 N–H and O–H groups in total. The summed E-state index contributed by atoms with van der Waals surface area (Å²) in [6, 6.07) is 6.59. The number of nitrogens with zero attached hydrogens (tertiary/aromatic N) is 6. The molecule has 0 amide bonds. The number of aromatic nitrogens is 3. The third-order valence-electron chi connectivity index (χ3n) is 5.73. The van der Waals surface area contributed by atoms with Gasteiger partial charge in [-0.05, 0) is 48.8 Å². The lowest BCUT2D eigenvalue weighted by Crippen LogP contribution is -2.49. The number of guanidine groups is 1. The molecule has 172 valence electrons. The van der Waals surface area contributed by atoms with Gasteiger partial charge in [-0.15, -0.1) is 0 Å². The molecule has 0 radical (unpaired) electrons. The minimum Gasteiger partial charge on any atom is -0.480 e. The van der Waals surface area contributed by atoms with Crippen LogP contribution in [-0.4, -0.2) is 51.3 Å². The van der Waals surface area contributed by atoms with Crippen LogP contribution in [0.4, 0.5) is 4.39 Å². The van der Waals surface area contributed by atoms with E-state index in [0.29, 0.717) is 45.9 Å². The number of hydrogen-bond acceptors (Lipinski definition) is 9. The average Bonchev–Trinajstić information content (AvgIpc) is 3.19. The number of hydrogen-bond donors (Lipinski definition) is 1. The van der Waals surface area contributed by atoms with E-state index in [1.165, 1.54) is 19.4 Å². The molecule has 0 saturated heterocycles. The molecule has 0 spiro atoms. The van der Waals surface area contributed by atoms with Gasteiger partial charge in [-0.3, -0.25) is 4.31 Å². The van der Waals surface area contributed by atoms with Crippen molar-refractivity contribution in [3.8, 4) is 28.6 Å². The van der Waals surface area contributed by atoms with E-state index in [4.69, 9.17) is 24.3 Å². The topological polar surface area (TPSA) is 115 Å². The number of benzene rings is 1. The summed E-state index contributed by atoms with van der Waals surface area (Å²) >= 11 is 0. The molecule has 2 aromatic heterocycles. The fourth-order valence-electron chi connectivity index (χ4n) is 3.97. The highest BCUT2D eigenvalue weighted by molar-refractivity contribution is 7.85. The first-order valence-electron chi connectivity index (χ1n) is 10.6. The van der Waals surface area contributed by atoms with Crippen LogP contribution in [-0.2, 0) is 16.4 Å². The molecule has 2 atom stereocenters. The van der Waals surface area contributed by atoms with Crippen LogP contribution in [0, 0.1) is 5.82 Å². The summed E-state index contributed by atoms with van der Waals surface area (Å²) in [6.45, 7) is 3.53. The zero-order valence-corrected chi connectivity index (χ0v) is 19.2. The van der Waals surface area contributed by atoms with Gasteiger partial charge in [0, 0.05) is 30.3 Å². The smallest absolute Gasteiger partial charge is 0.232 e. The summed E-state index contributed by atoms with van der Waals surface area (Å²) in [6.07, 6.45) is 5.12. The minimum atomic E-state index is -0.831. The first kappa shape index (κ1) is 21.5. The van der Waals surface area contributed by atoms with Crippen LogP contribution < -0.4 is 10.5 Å². The molecule has 0 aliphatic carbocycles. The maximum absolute atomic E-state index is 15.1. The van der Waals surface area contributed by atoms with Gasteiger partial charge in [-0.2, -0.15) is 0 Å². The Balaban J connectivity index is 1.49. The van der Waals surface area contributed by atoms with E-state index >= 15 is 4.39 Å². The monoisotopic (exact) mass is 469 g/mol. The Morgan fingerprint density at radius 3 is 2.85 bits per heavy atom. The number of rotatable bonds is 4. The highest BCUT2D eigenvalue weighted by atomic mass is 32.2. The molecular formula is C22H24FN7O2S. The normalized spacial score (nSPS) is 22.7. The van der Waals surface area contributed by atoms with Crippen molar-refractivity contribution in [2.75, 3.05) is 26.0 Å². The third kappa shape index (κ3) is 4.08. The summed E-state index contributed by atoms with van der Waals surface area (Å²) in [5, 5.41) is 4.10. The summed E-state index contributed by atoms with van der Waals surface area (Å²) in [4.78, 5) is 13.2. The van der Waals surface area contributed by atoms with Gasteiger partial charge in [0.25, 0.3) is 0 Å². The third-order valence-corrected chi connectivity index (χ3v) is 7.91. The molecule has 0 bridgehead atoms. The Bertz CT molecular complexity index is 1240. The van der Waals surface area contributed by atoms with Crippen molar-refractivity contribution >= 4 is 16.8 Å². The van der Waals surface area contributed by atoms with Gasteiger partial charge in [-0.1, -0.05) is 5.16 Å². The molecule has 2 aliphatic rings. The second-order valence-electron chi connectivity index (χ2n) is 8.10. The standard InChI is InChI=1S/C22H24FN7O2S/c1-22(13-33-27-7-3-4-8-30(33)21(24)28-22)15-9-14(5-6-16(15)23)19-10-17(29-32-19)18-11-26-20(31-2)12-25-18/h5-6,9-12H,3-4,7-8,13H2,1-2H3,(H2,24,28)/t22-,33-/m0/s1. The van der Waals surface area contributed by atoms with Gasteiger partial charge in [0.2, 0.25) is 11.8 Å². The zero-order chi connectivity index (χ0) is 23.0. The Kier molecular flexibility index (Phi) is 5.57. The van der Waals surface area contributed by atoms with E-state index in [9.17, 15) is 0 Å². The lowest BCUT2D eigenvalue weighted by atomic mass is 9.92. The molecule has 2 aliphatic heterocycles. The first-order valence-corrected chi connectivity index (χ1v) is 11.9. The maximum atomic E-state index is 15.1. The lowest BCUT2D eigenvalue weighted by Gasteiger charge is -2.38. The van der Waals surface area contributed by atoms with Crippen molar-refractivity contribution in [3.05, 3.63) is 48.0 Å². The number of ether oxygens (including phenoxy) is 1. The molecule has 0 unspecified atom stereocenters. The number of fused-ring (bicyclic) bond motifs is 1. The van der Waals surface area contributed by atoms with Crippen LogP contribution in [0.25, 0.3) is 22.7 Å². The number of halogens is 1. The van der Waals surface area contributed by atoms with E-state index in [1.807, 2.05) is 6.92 Å². The predicted molar refractivity (Wildman–Crippen MR) is 124 cm³/mol. The molecule has 3 aromatic rings. The fraction of sp³-hybridized carbons (Fsp3) is 0.364. The number of aliphatic imine (C=N–C) groups is 1. The molecular weight excluding hydrogens is 445 g/mol. The molecule has 1 aromatic carbocycles. The van der Waals surface area contributed by atoms with E-state index in [0.717, 1.165) is 25.9 Å². The van der Waals surface area contributed by atoms with Crippen molar-refractivity contribution in [1.82, 2.24) is 19.4 Å². The van der Waals surface area contributed by atoms with Crippen molar-refractivity contribution in [2.45, 2.75) is 25.3 Å². The summed E-state index contributed by atoms with van der Waals surface area (Å²) in [5.41, 5.74) is 7.68. The second kappa shape index (κ2) is 8.54. The highest BCUT2D eigenvalue weighted by Gasteiger charge is 2.38. The van der Waals surface area contributed by atoms with Crippen LogP contribution in [0.3, 0.4) is 0 Å².